The van der Waals surface area contributed by atoms with Gasteiger partial charge in [0.05, 0.1) is 18.1 Å². The summed E-state index contributed by atoms with van der Waals surface area (Å²) in [4.78, 5) is 27.5. The van der Waals surface area contributed by atoms with Crippen molar-refractivity contribution in [2.75, 3.05) is 18.5 Å². The van der Waals surface area contributed by atoms with E-state index in [0.29, 0.717) is 49.6 Å². The zero-order chi connectivity index (χ0) is 26.4. The monoisotopic (exact) mass is 572 g/mol. The zero-order valence-electron chi connectivity index (χ0n) is 19.7. The minimum atomic E-state index is -0.382. The maximum absolute atomic E-state index is 13.0. The van der Waals surface area contributed by atoms with Crippen molar-refractivity contribution in [1.82, 2.24) is 4.90 Å². The second kappa shape index (κ2) is 12.5. The molecule has 10 heteroatoms. The predicted molar refractivity (Wildman–Crippen MR) is 153 cm³/mol. The first kappa shape index (κ1) is 27.0. The van der Waals surface area contributed by atoms with Crippen molar-refractivity contribution in [3.05, 3.63) is 92.8 Å². The Labute approximate surface area is 234 Å². The highest BCUT2D eigenvalue weighted by Crippen LogP contribution is 2.35. The summed E-state index contributed by atoms with van der Waals surface area (Å²) in [5.41, 5.74) is 2.22. The quantitative estimate of drug-likeness (QED) is 0.224. The molecule has 1 N–H and O–H groups in total. The number of halogens is 2. The number of hydrogen-bond donors (Lipinski definition) is 1. The van der Waals surface area contributed by atoms with Gasteiger partial charge in [0, 0.05) is 15.7 Å². The molecule has 6 nitrogen and oxygen atoms in total. The number of thioether (sulfide) groups is 1. The summed E-state index contributed by atoms with van der Waals surface area (Å²) in [6, 6.07) is 19.7. The fourth-order valence-electron chi connectivity index (χ4n) is 3.52. The Hall–Kier alpha value is -3.04. The molecule has 1 fully saturated rings. The zero-order valence-corrected chi connectivity index (χ0v) is 22.8. The summed E-state index contributed by atoms with van der Waals surface area (Å²) >= 11 is 18.7. The van der Waals surface area contributed by atoms with Crippen molar-refractivity contribution in [2.45, 2.75) is 13.5 Å². The van der Waals surface area contributed by atoms with Gasteiger partial charge in [-0.15, -0.1) is 0 Å². The van der Waals surface area contributed by atoms with E-state index in [2.05, 4.69) is 5.32 Å². The molecule has 190 valence electrons. The van der Waals surface area contributed by atoms with Crippen LogP contribution in [0.25, 0.3) is 6.08 Å². The third-order valence-electron chi connectivity index (χ3n) is 5.13. The van der Waals surface area contributed by atoms with Gasteiger partial charge in [-0.3, -0.25) is 14.5 Å². The maximum atomic E-state index is 13.0. The number of anilines is 1. The second-order valence-corrected chi connectivity index (χ2v) is 10.4. The molecule has 2 amide bonds. The summed E-state index contributed by atoms with van der Waals surface area (Å²) in [5.74, 6) is 0.325. The molecule has 1 aliphatic heterocycles. The Morgan fingerprint density at radius 3 is 2.46 bits per heavy atom. The Bertz CT molecular complexity index is 1350. The number of thiocarbonyl (C=S) groups is 1. The van der Waals surface area contributed by atoms with Gasteiger partial charge in [-0.2, -0.15) is 0 Å². The van der Waals surface area contributed by atoms with Gasteiger partial charge in [-0.05, 0) is 54.5 Å². The highest BCUT2D eigenvalue weighted by atomic mass is 35.5. The van der Waals surface area contributed by atoms with Crippen molar-refractivity contribution in [3.63, 3.8) is 0 Å². The molecule has 1 aliphatic rings. The molecule has 0 bridgehead atoms. The minimum Gasteiger partial charge on any atom is -0.490 e. The molecular formula is C27H22Cl2N2O4S2. The number of rotatable bonds is 9. The van der Waals surface area contributed by atoms with E-state index in [1.807, 2.05) is 37.3 Å². The Morgan fingerprint density at radius 2 is 1.76 bits per heavy atom. The third-order valence-corrected chi connectivity index (χ3v) is 6.94. The van der Waals surface area contributed by atoms with Gasteiger partial charge in [0.25, 0.3) is 11.8 Å². The van der Waals surface area contributed by atoms with Gasteiger partial charge < -0.3 is 14.8 Å². The summed E-state index contributed by atoms with van der Waals surface area (Å²) in [6.45, 7) is 2.41. The van der Waals surface area contributed by atoms with E-state index >= 15 is 0 Å². The third kappa shape index (κ3) is 7.26. The molecule has 0 unspecified atom stereocenters. The molecule has 4 rings (SSSR count). The lowest BCUT2D eigenvalue weighted by atomic mass is 10.1. The van der Waals surface area contributed by atoms with E-state index in [4.69, 9.17) is 44.9 Å². The number of benzene rings is 3. The Morgan fingerprint density at radius 1 is 1.03 bits per heavy atom. The van der Waals surface area contributed by atoms with Crippen molar-refractivity contribution in [3.8, 4) is 11.5 Å². The molecule has 3 aromatic carbocycles. The molecule has 0 atom stereocenters. The minimum absolute atomic E-state index is 0.144. The number of ether oxygens (including phenoxy) is 2. The van der Waals surface area contributed by atoms with E-state index in [1.165, 1.54) is 11.8 Å². The van der Waals surface area contributed by atoms with E-state index in [1.54, 1.807) is 47.4 Å². The molecule has 1 saturated heterocycles. The Balaban J connectivity index is 1.44. The summed E-state index contributed by atoms with van der Waals surface area (Å²) < 4.78 is 11.9. The normalized spacial score (nSPS) is 14.2. The number of nitrogens with zero attached hydrogens (tertiary/aromatic N) is 1. The molecule has 37 heavy (non-hydrogen) atoms. The lowest BCUT2D eigenvalue weighted by molar-refractivity contribution is -0.122. The molecule has 0 saturated carbocycles. The number of nitrogens with one attached hydrogen (secondary N) is 1. The molecule has 0 aliphatic carbocycles. The van der Waals surface area contributed by atoms with Crippen LogP contribution in [0.2, 0.25) is 10.0 Å². The van der Waals surface area contributed by atoms with E-state index in [0.717, 1.165) is 11.1 Å². The maximum Gasteiger partial charge on any atom is 0.266 e. The van der Waals surface area contributed by atoms with Crippen LogP contribution in [-0.2, 0) is 16.1 Å². The van der Waals surface area contributed by atoms with Gasteiger partial charge in [-0.25, -0.2) is 0 Å². The van der Waals surface area contributed by atoms with Crippen LogP contribution in [0, 0.1) is 0 Å². The lowest BCUT2D eigenvalue weighted by Gasteiger charge is -2.14. The average molecular weight is 574 g/mol. The first-order valence-corrected chi connectivity index (χ1v) is 13.3. The van der Waals surface area contributed by atoms with Crippen LogP contribution in [0.3, 0.4) is 0 Å². The van der Waals surface area contributed by atoms with Crippen molar-refractivity contribution in [1.29, 1.82) is 0 Å². The van der Waals surface area contributed by atoms with Crippen molar-refractivity contribution in [2.24, 2.45) is 0 Å². The van der Waals surface area contributed by atoms with Gasteiger partial charge >= 0.3 is 0 Å². The highest BCUT2D eigenvalue weighted by molar-refractivity contribution is 8.26. The summed E-state index contributed by atoms with van der Waals surface area (Å²) in [7, 11) is 0. The van der Waals surface area contributed by atoms with Crippen LogP contribution in [0.4, 0.5) is 5.69 Å². The first-order chi connectivity index (χ1) is 17.8. The molecule has 0 aromatic heterocycles. The van der Waals surface area contributed by atoms with Crippen LogP contribution in [-0.4, -0.2) is 34.2 Å². The summed E-state index contributed by atoms with van der Waals surface area (Å²) in [5, 5.41) is 3.52. The van der Waals surface area contributed by atoms with Crippen LogP contribution in [0.5, 0.6) is 11.5 Å². The molecule has 0 spiro atoms. The fourth-order valence-corrected chi connectivity index (χ4v) is 5.30. The van der Waals surface area contributed by atoms with Gasteiger partial charge in [-0.1, -0.05) is 83.6 Å². The largest absolute Gasteiger partial charge is 0.490 e. The fraction of sp³-hybridized carbons (Fsp3) is 0.148. The first-order valence-electron chi connectivity index (χ1n) is 11.3. The number of amides is 2. The summed E-state index contributed by atoms with van der Waals surface area (Å²) in [6.07, 6.45) is 1.77. The van der Waals surface area contributed by atoms with Gasteiger partial charge in [0.2, 0.25) is 0 Å². The van der Waals surface area contributed by atoms with E-state index in [-0.39, 0.29) is 18.4 Å². The molecular weight excluding hydrogens is 551 g/mol. The second-order valence-electron chi connectivity index (χ2n) is 7.89. The van der Waals surface area contributed by atoms with Crippen LogP contribution < -0.4 is 14.8 Å². The van der Waals surface area contributed by atoms with E-state index in [9.17, 15) is 9.59 Å². The highest BCUT2D eigenvalue weighted by Gasteiger charge is 2.32. The van der Waals surface area contributed by atoms with E-state index < -0.39 is 0 Å². The average Bonchev–Trinajstić information content (AvgIpc) is 3.11. The number of carbonyl (C=O) groups excluding carboxylic acids is 2. The number of hydrogen-bond acceptors (Lipinski definition) is 6. The van der Waals surface area contributed by atoms with Crippen molar-refractivity contribution < 1.29 is 19.1 Å². The lowest BCUT2D eigenvalue weighted by Crippen LogP contribution is -2.27. The topological polar surface area (TPSA) is 67.9 Å². The van der Waals surface area contributed by atoms with Crippen LogP contribution in [0.15, 0.2) is 71.6 Å². The Kier molecular flexibility index (Phi) is 9.10. The standard InChI is InChI=1S/C27H22Cl2N2O4S2/c1-2-34-23-10-18(11-24-26(33)31(27(36)37-24)15-17-6-4-3-5-7-17)8-9-22(23)35-16-25(32)30-21-13-19(28)12-20(29)14-21/h3-14H,2,15-16H2,1H3,(H,30,32)/b24-11-. The number of carbonyl (C=O) groups is 2. The SMILES string of the molecule is CCOc1cc(/C=C2\SC(=S)N(Cc3ccccc3)C2=O)ccc1OCC(=O)Nc1cc(Cl)cc(Cl)c1. The van der Waals surface area contributed by atoms with Gasteiger partial charge in [0.15, 0.2) is 18.1 Å². The van der Waals surface area contributed by atoms with Crippen LogP contribution >= 0.6 is 47.2 Å². The molecule has 3 aromatic rings. The smallest absolute Gasteiger partial charge is 0.266 e. The van der Waals surface area contributed by atoms with Crippen LogP contribution in [0.1, 0.15) is 18.1 Å². The molecule has 1 heterocycles. The predicted octanol–water partition coefficient (Wildman–Crippen LogP) is 6.81. The molecule has 0 radical (unpaired) electrons. The van der Waals surface area contributed by atoms with Gasteiger partial charge in [0.1, 0.15) is 4.32 Å². The van der Waals surface area contributed by atoms with Crippen molar-refractivity contribution >= 4 is 75.1 Å².